The number of rotatable bonds is 7. The van der Waals surface area contributed by atoms with Gasteiger partial charge in [0.15, 0.2) is 0 Å². The van der Waals surface area contributed by atoms with E-state index < -0.39 is 0 Å². The third-order valence-electron chi connectivity index (χ3n) is 4.70. The highest BCUT2D eigenvalue weighted by Gasteiger charge is 2.20. The number of ether oxygens (including phenoxy) is 2. The fraction of sp³-hybridized carbons (Fsp3) is 0.632. The van der Waals surface area contributed by atoms with E-state index in [0.717, 1.165) is 75.5 Å². The van der Waals surface area contributed by atoms with Gasteiger partial charge >= 0.3 is 0 Å². The third-order valence-corrected chi connectivity index (χ3v) is 4.70. The van der Waals surface area contributed by atoms with Crippen molar-refractivity contribution in [3.05, 3.63) is 29.3 Å². The molecule has 1 aromatic carbocycles. The number of carbonyl (C=O) groups is 1. The minimum Gasteiger partial charge on any atom is -0.490 e. The van der Waals surface area contributed by atoms with Crippen molar-refractivity contribution in [2.24, 2.45) is 0 Å². The molecule has 0 aliphatic carbocycles. The quantitative estimate of drug-likeness (QED) is 0.778. The zero-order valence-electron chi connectivity index (χ0n) is 14.6. The summed E-state index contributed by atoms with van der Waals surface area (Å²) in [7, 11) is 0. The Kier molecular flexibility index (Phi) is 6.10. The Morgan fingerprint density at radius 3 is 2.92 bits per heavy atom. The molecule has 0 aromatic heterocycles. The Bertz CT molecular complexity index is 556. The van der Waals surface area contributed by atoms with Crippen molar-refractivity contribution in [3.8, 4) is 5.75 Å². The van der Waals surface area contributed by atoms with Crippen LogP contribution in [0.3, 0.4) is 0 Å². The van der Waals surface area contributed by atoms with Crippen LogP contribution in [-0.2, 0) is 11.2 Å². The second-order valence-corrected chi connectivity index (χ2v) is 6.73. The van der Waals surface area contributed by atoms with Gasteiger partial charge in [-0.2, -0.15) is 0 Å². The first-order valence-electron chi connectivity index (χ1n) is 9.10. The minimum atomic E-state index is 0.0190. The van der Waals surface area contributed by atoms with Crippen molar-refractivity contribution >= 4 is 5.91 Å². The largest absolute Gasteiger partial charge is 0.490 e. The molecule has 5 nitrogen and oxygen atoms in total. The van der Waals surface area contributed by atoms with E-state index in [1.54, 1.807) is 0 Å². The van der Waals surface area contributed by atoms with E-state index in [4.69, 9.17) is 9.47 Å². The molecule has 2 aliphatic rings. The second kappa shape index (κ2) is 8.49. The molecule has 132 valence electrons. The van der Waals surface area contributed by atoms with E-state index in [1.807, 2.05) is 18.2 Å². The molecule has 2 heterocycles. The Balaban J connectivity index is 1.32. The van der Waals surface area contributed by atoms with Crippen LogP contribution in [0.2, 0.25) is 0 Å². The monoisotopic (exact) mass is 332 g/mol. The van der Waals surface area contributed by atoms with Crippen molar-refractivity contribution in [1.82, 2.24) is 10.2 Å². The van der Waals surface area contributed by atoms with E-state index in [0.29, 0.717) is 0 Å². The maximum Gasteiger partial charge on any atom is 0.251 e. The number of hydrogen-bond acceptors (Lipinski definition) is 4. The number of fused-ring (bicyclic) bond motifs is 1. The molecule has 0 bridgehead atoms. The van der Waals surface area contributed by atoms with Crippen LogP contribution in [0.5, 0.6) is 5.75 Å². The van der Waals surface area contributed by atoms with Gasteiger partial charge in [-0.05, 0) is 50.1 Å². The third kappa shape index (κ3) is 4.71. The summed E-state index contributed by atoms with van der Waals surface area (Å²) in [5.41, 5.74) is 1.88. The summed E-state index contributed by atoms with van der Waals surface area (Å²) in [6.45, 7) is 7.76. The molecule has 1 amide bonds. The number of unbranched alkanes of at least 4 members (excludes halogenated alkanes) is 2. The van der Waals surface area contributed by atoms with Gasteiger partial charge in [0.05, 0.1) is 13.2 Å². The van der Waals surface area contributed by atoms with Gasteiger partial charge in [0, 0.05) is 31.6 Å². The average Bonchev–Trinajstić information content (AvgIpc) is 2.97. The molecule has 5 heteroatoms. The average molecular weight is 332 g/mol. The fourth-order valence-corrected chi connectivity index (χ4v) is 3.33. The van der Waals surface area contributed by atoms with Gasteiger partial charge in [0.2, 0.25) is 0 Å². The number of benzene rings is 1. The molecule has 1 aromatic rings. The summed E-state index contributed by atoms with van der Waals surface area (Å²) in [4.78, 5) is 14.7. The van der Waals surface area contributed by atoms with E-state index >= 15 is 0 Å². The summed E-state index contributed by atoms with van der Waals surface area (Å²) in [6.07, 6.45) is 4.46. The van der Waals surface area contributed by atoms with Gasteiger partial charge in [-0.25, -0.2) is 0 Å². The first kappa shape index (κ1) is 17.2. The maximum absolute atomic E-state index is 12.2. The Labute approximate surface area is 144 Å². The molecule has 1 atom stereocenters. The Morgan fingerprint density at radius 1 is 1.25 bits per heavy atom. The molecule has 0 unspecified atom stereocenters. The molecule has 1 fully saturated rings. The van der Waals surface area contributed by atoms with Gasteiger partial charge in [0.1, 0.15) is 11.9 Å². The standard InChI is InChI=1S/C19H28N2O3/c1-15-13-17-14-16(5-6-18(17)24-15)19(22)20-7-3-2-4-8-21-9-11-23-12-10-21/h5-6,14-15H,2-4,7-13H2,1H3,(H,20,22)/t15-/m1/s1. The molecule has 0 radical (unpaired) electrons. The summed E-state index contributed by atoms with van der Waals surface area (Å²) < 4.78 is 11.0. The van der Waals surface area contributed by atoms with Crippen LogP contribution in [0.4, 0.5) is 0 Å². The molecule has 1 saturated heterocycles. The summed E-state index contributed by atoms with van der Waals surface area (Å²) >= 11 is 0. The van der Waals surface area contributed by atoms with Gasteiger partial charge in [0.25, 0.3) is 5.91 Å². The molecule has 24 heavy (non-hydrogen) atoms. The lowest BCUT2D eigenvalue weighted by Gasteiger charge is -2.26. The SMILES string of the molecule is C[C@@H]1Cc2cc(C(=O)NCCCCCN3CCOCC3)ccc2O1. The van der Waals surface area contributed by atoms with Gasteiger partial charge in [-0.15, -0.1) is 0 Å². The molecule has 0 saturated carbocycles. The lowest BCUT2D eigenvalue weighted by atomic mass is 10.1. The Hall–Kier alpha value is -1.59. The molecule has 0 spiro atoms. The number of hydrogen-bond donors (Lipinski definition) is 1. The smallest absolute Gasteiger partial charge is 0.251 e. The van der Waals surface area contributed by atoms with E-state index in [1.165, 1.54) is 6.42 Å². The van der Waals surface area contributed by atoms with Crippen molar-refractivity contribution in [2.75, 3.05) is 39.4 Å². The number of morpholine rings is 1. The number of carbonyl (C=O) groups excluding carboxylic acids is 1. The topological polar surface area (TPSA) is 50.8 Å². The summed E-state index contributed by atoms with van der Waals surface area (Å²) in [5.74, 6) is 0.938. The van der Waals surface area contributed by atoms with Crippen LogP contribution < -0.4 is 10.1 Å². The van der Waals surface area contributed by atoms with Crippen LogP contribution in [0.15, 0.2) is 18.2 Å². The van der Waals surface area contributed by atoms with Gasteiger partial charge in [-0.3, -0.25) is 9.69 Å². The minimum absolute atomic E-state index is 0.0190. The van der Waals surface area contributed by atoms with E-state index in [9.17, 15) is 4.79 Å². The highest BCUT2D eigenvalue weighted by molar-refractivity contribution is 5.94. The van der Waals surface area contributed by atoms with Crippen molar-refractivity contribution in [3.63, 3.8) is 0 Å². The Morgan fingerprint density at radius 2 is 2.08 bits per heavy atom. The zero-order chi connectivity index (χ0) is 16.8. The van der Waals surface area contributed by atoms with E-state index in [2.05, 4.69) is 17.1 Å². The normalized spacial score (nSPS) is 20.5. The lowest BCUT2D eigenvalue weighted by molar-refractivity contribution is 0.0371. The van der Waals surface area contributed by atoms with Crippen LogP contribution >= 0.6 is 0 Å². The predicted molar refractivity (Wildman–Crippen MR) is 93.7 cm³/mol. The van der Waals surface area contributed by atoms with Crippen molar-refractivity contribution in [1.29, 1.82) is 0 Å². The maximum atomic E-state index is 12.2. The first-order chi connectivity index (χ1) is 11.7. The molecular weight excluding hydrogens is 304 g/mol. The zero-order valence-corrected chi connectivity index (χ0v) is 14.6. The highest BCUT2D eigenvalue weighted by atomic mass is 16.5. The number of nitrogens with zero attached hydrogens (tertiary/aromatic N) is 1. The summed E-state index contributed by atoms with van der Waals surface area (Å²) in [6, 6.07) is 5.73. The van der Waals surface area contributed by atoms with Gasteiger partial charge in [-0.1, -0.05) is 6.42 Å². The molecule has 1 N–H and O–H groups in total. The molecule has 3 rings (SSSR count). The van der Waals surface area contributed by atoms with Crippen molar-refractivity contribution < 1.29 is 14.3 Å². The molecule has 2 aliphatic heterocycles. The van der Waals surface area contributed by atoms with Crippen LogP contribution in [-0.4, -0.2) is 56.3 Å². The first-order valence-corrected chi connectivity index (χ1v) is 9.10. The molecular formula is C19H28N2O3. The van der Waals surface area contributed by atoms with E-state index in [-0.39, 0.29) is 12.0 Å². The second-order valence-electron chi connectivity index (χ2n) is 6.73. The van der Waals surface area contributed by atoms with Crippen molar-refractivity contribution in [2.45, 2.75) is 38.7 Å². The van der Waals surface area contributed by atoms with Crippen LogP contribution in [0, 0.1) is 0 Å². The fourth-order valence-electron chi connectivity index (χ4n) is 3.33. The number of nitrogens with one attached hydrogen (secondary N) is 1. The highest BCUT2D eigenvalue weighted by Crippen LogP contribution is 2.29. The lowest BCUT2D eigenvalue weighted by Crippen LogP contribution is -2.36. The van der Waals surface area contributed by atoms with Crippen LogP contribution in [0.1, 0.15) is 42.1 Å². The van der Waals surface area contributed by atoms with Gasteiger partial charge < -0.3 is 14.8 Å². The predicted octanol–water partition coefficient (Wildman–Crippen LogP) is 2.24. The summed E-state index contributed by atoms with van der Waals surface area (Å²) in [5, 5.41) is 3.03. The number of amides is 1. The van der Waals surface area contributed by atoms with Crippen LogP contribution in [0.25, 0.3) is 0 Å².